The van der Waals surface area contributed by atoms with Gasteiger partial charge in [0.15, 0.2) is 17.7 Å². The summed E-state index contributed by atoms with van der Waals surface area (Å²) in [5.41, 5.74) is 6.09. The van der Waals surface area contributed by atoms with Gasteiger partial charge in [-0.25, -0.2) is 19.3 Å². The topological polar surface area (TPSA) is 284 Å². The normalized spacial score (nSPS) is 34.7. The summed E-state index contributed by atoms with van der Waals surface area (Å²) in [5, 5.41) is 41.2. The van der Waals surface area contributed by atoms with Crippen LogP contribution in [0.5, 0.6) is 0 Å². The predicted molar refractivity (Wildman–Crippen MR) is 106 cm³/mol. The molecule has 0 spiro atoms. The Labute approximate surface area is 196 Å². The van der Waals surface area contributed by atoms with Crippen LogP contribution in [0.15, 0.2) is 12.7 Å². The Bertz CT molecular complexity index is 1150. The van der Waals surface area contributed by atoms with Gasteiger partial charge in [-0.05, 0) is 0 Å². The Morgan fingerprint density at radius 2 is 1.77 bits per heavy atom. The fourth-order valence-corrected chi connectivity index (χ4v) is 5.75. The van der Waals surface area contributed by atoms with Crippen LogP contribution in [0.1, 0.15) is 6.23 Å². The van der Waals surface area contributed by atoms with Crippen molar-refractivity contribution < 1.29 is 62.8 Å². The number of hydrogen-bond acceptors (Lipinski definition) is 16. The lowest BCUT2D eigenvalue weighted by molar-refractivity contribution is -0.676. The van der Waals surface area contributed by atoms with Gasteiger partial charge in [-0.1, -0.05) is 0 Å². The lowest BCUT2D eigenvalue weighted by atomic mass is 10.1. The van der Waals surface area contributed by atoms with Crippen LogP contribution in [0.4, 0.5) is 5.82 Å². The number of aliphatic hydroxyl groups excluding tert-OH is 4. The summed E-state index contributed by atoms with van der Waals surface area (Å²) in [5.74, 6) is 0.0619. The summed E-state index contributed by atoms with van der Waals surface area (Å²) in [6, 6.07) is -0.858. The van der Waals surface area contributed by atoms with Crippen molar-refractivity contribution in [3.05, 3.63) is 12.7 Å². The number of aromatic nitrogens is 4. The number of phosphoric ester groups is 2. The summed E-state index contributed by atoms with van der Waals surface area (Å²) < 4.78 is 43.6. The Kier molecular flexibility index (Phi) is 7.57. The molecule has 35 heavy (non-hydrogen) atoms. The molecule has 20 heteroatoms. The van der Waals surface area contributed by atoms with Gasteiger partial charge < -0.3 is 55.0 Å². The van der Waals surface area contributed by atoms with Gasteiger partial charge >= 0.3 is 0 Å². The van der Waals surface area contributed by atoms with Gasteiger partial charge in [0.2, 0.25) is 0 Å². The molecule has 0 bridgehead atoms. The minimum atomic E-state index is -5.53. The largest absolute Gasteiger partial charge is 0.756 e. The summed E-state index contributed by atoms with van der Waals surface area (Å²) >= 11 is 0. The van der Waals surface area contributed by atoms with Crippen LogP contribution in [0.3, 0.4) is 0 Å². The molecule has 2 saturated heterocycles. The molecule has 4 heterocycles. The van der Waals surface area contributed by atoms with E-state index in [1.54, 1.807) is 0 Å². The number of nitrogen functional groups attached to an aromatic ring is 1. The number of anilines is 1. The highest BCUT2D eigenvalue weighted by Crippen LogP contribution is 2.55. The van der Waals surface area contributed by atoms with Crippen molar-refractivity contribution in [3.63, 3.8) is 0 Å². The molecule has 0 aliphatic carbocycles. The number of quaternary nitrogens is 1. The van der Waals surface area contributed by atoms with Crippen molar-refractivity contribution in [2.45, 2.75) is 42.8 Å². The highest BCUT2D eigenvalue weighted by molar-refractivity contribution is 7.59. The number of rotatable bonds is 9. The third kappa shape index (κ3) is 5.70. The van der Waals surface area contributed by atoms with Gasteiger partial charge in [-0.2, -0.15) is 0 Å². The maximum absolute atomic E-state index is 12.0. The van der Waals surface area contributed by atoms with Crippen molar-refractivity contribution in [3.8, 4) is 0 Å². The molecule has 9 atom stereocenters. The Morgan fingerprint density at radius 3 is 2.43 bits per heavy atom. The molecule has 2 aliphatic heterocycles. The zero-order chi connectivity index (χ0) is 25.5. The van der Waals surface area contributed by atoms with Crippen molar-refractivity contribution >= 4 is 32.6 Å². The van der Waals surface area contributed by atoms with Crippen molar-refractivity contribution in [2.75, 3.05) is 25.5 Å². The summed E-state index contributed by atoms with van der Waals surface area (Å²) in [7, 11) is -11.0. The molecule has 0 saturated carbocycles. The second kappa shape index (κ2) is 10.0. The zero-order valence-electron chi connectivity index (χ0n) is 17.7. The molecule has 0 amide bonds. The second-order valence-corrected chi connectivity index (χ2v) is 10.8. The predicted octanol–water partition coefficient (Wildman–Crippen LogP) is -5.32. The third-order valence-corrected chi connectivity index (χ3v) is 8.06. The molecule has 2 fully saturated rings. The molecule has 2 aromatic rings. The Balaban J connectivity index is 1.34. The highest BCUT2D eigenvalue weighted by atomic mass is 31.3. The van der Waals surface area contributed by atoms with Crippen molar-refractivity contribution in [1.82, 2.24) is 19.5 Å². The monoisotopic (exact) mass is 541 g/mol. The second-order valence-electron chi connectivity index (χ2n) is 7.89. The fraction of sp³-hybridized carbons (Fsp3) is 0.667. The van der Waals surface area contributed by atoms with Gasteiger partial charge in [0.25, 0.3) is 15.6 Å². The van der Waals surface area contributed by atoms with E-state index in [4.69, 9.17) is 10.5 Å². The van der Waals surface area contributed by atoms with E-state index in [0.29, 0.717) is 0 Å². The van der Waals surface area contributed by atoms with Crippen LogP contribution in [-0.4, -0.2) is 96.3 Å². The maximum Gasteiger partial charge on any atom is 0.274 e. The lowest BCUT2D eigenvalue weighted by Gasteiger charge is -2.31. The Hall–Kier alpha value is -1.63. The van der Waals surface area contributed by atoms with Crippen LogP contribution in [-0.2, 0) is 27.2 Å². The highest BCUT2D eigenvalue weighted by Gasteiger charge is 2.45. The van der Waals surface area contributed by atoms with E-state index in [1.165, 1.54) is 16.2 Å². The van der Waals surface area contributed by atoms with E-state index < -0.39 is 71.6 Å². The lowest BCUT2D eigenvalue weighted by Crippen LogP contribution is -2.89. The molecule has 2 aliphatic rings. The average Bonchev–Trinajstić information content (AvgIpc) is 3.43. The molecule has 4 rings (SSSR count). The first-order valence-electron chi connectivity index (χ1n) is 10.1. The summed E-state index contributed by atoms with van der Waals surface area (Å²) in [6.45, 7) is -1.47. The van der Waals surface area contributed by atoms with E-state index >= 15 is 0 Å². The number of hydrogen-bond donors (Lipinski definition) is 6. The molecule has 0 radical (unpaired) electrons. The van der Waals surface area contributed by atoms with Gasteiger partial charge in [0.05, 0.1) is 12.9 Å². The number of aliphatic hydroxyl groups is 4. The summed E-state index contributed by atoms with van der Waals surface area (Å²) in [6.07, 6.45) is -5.88. The maximum atomic E-state index is 12.0. The quantitative estimate of drug-likeness (QED) is 0.162. The summed E-state index contributed by atoms with van der Waals surface area (Å²) in [4.78, 5) is 35.7. The molecule has 2 aromatic heterocycles. The molecule has 0 aromatic carbocycles. The average molecular weight is 541 g/mol. The van der Waals surface area contributed by atoms with Crippen molar-refractivity contribution in [1.29, 1.82) is 0 Å². The van der Waals surface area contributed by atoms with E-state index in [0.717, 1.165) is 6.33 Å². The first-order chi connectivity index (χ1) is 16.4. The van der Waals surface area contributed by atoms with Crippen LogP contribution in [0.2, 0.25) is 0 Å². The first-order valence-corrected chi connectivity index (χ1v) is 13.1. The van der Waals surface area contributed by atoms with Gasteiger partial charge in [-0.3, -0.25) is 13.7 Å². The number of fused-ring (bicyclic) bond motifs is 1. The van der Waals surface area contributed by atoms with Crippen LogP contribution in [0, 0.1) is 0 Å². The minimum absolute atomic E-state index is 0.0619. The number of ether oxygens (including phenoxy) is 1. The van der Waals surface area contributed by atoms with Crippen LogP contribution >= 0.6 is 15.6 Å². The number of phosphoric acid groups is 2. The number of imidazole rings is 1. The molecule has 18 nitrogen and oxygen atoms in total. The molecular formula is C15H23N6O12P2-. The number of nitrogens with two attached hydrogens (primary N) is 2. The Morgan fingerprint density at radius 1 is 1.09 bits per heavy atom. The fourth-order valence-electron chi connectivity index (χ4n) is 3.71. The SMILES string of the molecule is Nc1ncnc2c1ncn2[C@@H]1O[C@H](COP(=O)([O-])OP(=O)([O-])OC[C@H]2[NH2+]C[C@H](O)[C@@H]2O)[C@@H](O)[C@H]1O. The molecule has 196 valence electrons. The first kappa shape index (κ1) is 26.4. The minimum Gasteiger partial charge on any atom is -0.756 e. The van der Waals surface area contributed by atoms with E-state index in [-0.39, 0.29) is 23.5 Å². The van der Waals surface area contributed by atoms with Crippen molar-refractivity contribution in [2.24, 2.45) is 0 Å². The standard InChI is InChI=1S/C15H24N6O12P2/c16-13-9-14(19-4-18-13)21(5-20-9)15-12(25)11(24)8(32-15)3-31-35(28,29)33-34(26,27)30-2-6-10(23)7(22)1-17-6/h4-8,10-12,15,17,22-25H,1-3H2,(H,26,27)(H,28,29)(H2,16,18,19)/p-1/t6-,7+,8-,10-,11-,12-,15-/m1/s1. The van der Waals surface area contributed by atoms with Gasteiger partial charge in [0.1, 0.15) is 61.6 Å². The van der Waals surface area contributed by atoms with E-state index in [9.17, 15) is 39.3 Å². The zero-order valence-corrected chi connectivity index (χ0v) is 19.5. The number of nitrogens with zero attached hydrogens (tertiary/aromatic N) is 4. The smallest absolute Gasteiger partial charge is 0.274 e. The van der Waals surface area contributed by atoms with Gasteiger partial charge in [-0.15, -0.1) is 0 Å². The molecular weight excluding hydrogens is 518 g/mol. The van der Waals surface area contributed by atoms with E-state index in [2.05, 4.69) is 28.3 Å². The van der Waals surface area contributed by atoms with Crippen LogP contribution in [0.25, 0.3) is 11.2 Å². The third-order valence-electron chi connectivity index (χ3n) is 5.53. The van der Waals surface area contributed by atoms with Gasteiger partial charge in [0, 0.05) is 0 Å². The van der Waals surface area contributed by atoms with E-state index in [1.807, 2.05) is 0 Å². The molecule has 2 unspecified atom stereocenters. The van der Waals surface area contributed by atoms with Crippen LogP contribution < -0.4 is 20.8 Å². The molecule has 8 N–H and O–H groups in total.